The molecule has 1 aliphatic rings. The molecular formula is C16H17BrFN3O2S. The van der Waals surface area contributed by atoms with Gasteiger partial charge >= 0.3 is 0 Å². The molecule has 0 aliphatic carbocycles. The van der Waals surface area contributed by atoms with Crippen LogP contribution in [0.2, 0.25) is 0 Å². The van der Waals surface area contributed by atoms with Crippen molar-refractivity contribution in [3.8, 4) is 0 Å². The minimum atomic E-state index is -3.56. The molecule has 0 saturated carbocycles. The summed E-state index contributed by atoms with van der Waals surface area (Å²) in [7, 11) is -3.56. The number of anilines is 1. The quantitative estimate of drug-likeness (QED) is 0.835. The van der Waals surface area contributed by atoms with E-state index in [2.05, 4.69) is 26.2 Å². The SMILES string of the molecule is O=S(=O)(c1ccc(Br)cc1)N1CCCC(Nc2ncccc2F)C1. The maximum Gasteiger partial charge on any atom is 0.243 e. The summed E-state index contributed by atoms with van der Waals surface area (Å²) in [4.78, 5) is 4.23. The zero-order valence-corrected chi connectivity index (χ0v) is 15.2. The zero-order valence-electron chi connectivity index (χ0n) is 12.8. The Hall–Kier alpha value is -1.51. The van der Waals surface area contributed by atoms with E-state index in [0.29, 0.717) is 13.0 Å². The van der Waals surface area contributed by atoms with E-state index < -0.39 is 15.8 Å². The number of benzene rings is 1. The second-order valence-electron chi connectivity index (χ2n) is 5.63. The van der Waals surface area contributed by atoms with E-state index >= 15 is 0 Å². The molecule has 3 rings (SSSR count). The minimum absolute atomic E-state index is 0.158. The van der Waals surface area contributed by atoms with Crippen LogP contribution in [0.5, 0.6) is 0 Å². The van der Waals surface area contributed by atoms with Crippen molar-refractivity contribution >= 4 is 31.8 Å². The van der Waals surface area contributed by atoms with E-state index in [4.69, 9.17) is 0 Å². The third kappa shape index (κ3) is 3.76. The van der Waals surface area contributed by atoms with Gasteiger partial charge in [0.1, 0.15) is 0 Å². The molecule has 1 aliphatic heterocycles. The van der Waals surface area contributed by atoms with Crippen LogP contribution in [0.4, 0.5) is 10.2 Å². The molecule has 0 radical (unpaired) electrons. The molecule has 1 unspecified atom stereocenters. The number of rotatable bonds is 4. The number of aromatic nitrogens is 1. The molecule has 2 aromatic rings. The van der Waals surface area contributed by atoms with Gasteiger partial charge in [-0.1, -0.05) is 15.9 Å². The van der Waals surface area contributed by atoms with Crippen LogP contribution < -0.4 is 5.32 Å². The lowest BCUT2D eigenvalue weighted by Crippen LogP contribution is -2.45. The highest BCUT2D eigenvalue weighted by atomic mass is 79.9. The lowest BCUT2D eigenvalue weighted by atomic mass is 10.1. The van der Waals surface area contributed by atoms with Crippen molar-refractivity contribution < 1.29 is 12.8 Å². The molecule has 128 valence electrons. The molecule has 1 N–H and O–H groups in total. The van der Waals surface area contributed by atoms with Crippen molar-refractivity contribution in [3.05, 3.63) is 52.9 Å². The number of nitrogens with one attached hydrogen (secondary N) is 1. The Balaban J connectivity index is 1.75. The van der Waals surface area contributed by atoms with Crippen LogP contribution in [-0.4, -0.2) is 36.8 Å². The van der Waals surface area contributed by atoms with Gasteiger partial charge in [-0.2, -0.15) is 4.31 Å². The fourth-order valence-electron chi connectivity index (χ4n) is 2.72. The number of nitrogens with zero attached hydrogens (tertiary/aromatic N) is 2. The standard InChI is InChI=1S/C16H17BrFN3O2S/c17-12-5-7-14(8-6-12)24(22,23)21-10-2-3-13(11-21)20-16-15(18)4-1-9-19-16/h1,4-9,13H,2-3,10-11H2,(H,19,20). The lowest BCUT2D eigenvalue weighted by molar-refractivity contribution is 0.326. The first-order chi connectivity index (χ1) is 11.5. The molecule has 0 spiro atoms. The lowest BCUT2D eigenvalue weighted by Gasteiger charge is -2.32. The summed E-state index contributed by atoms with van der Waals surface area (Å²) >= 11 is 3.30. The fraction of sp³-hybridized carbons (Fsp3) is 0.312. The van der Waals surface area contributed by atoms with Crippen LogP contribution in [0.15, 0.2) is 52.0 Å². The summed E-state index contributed by atoms with van der Waals surface area (Å²) in [5.74, 6) is -0.282. The van der Waals surface area contributed by atoms with E-state index in [9.17, 15) is 12.8 Å². The number of hydrogen-bond donors (Lipinski definition) is 1. The molecule has 2 heterocycles. The van der Waals surface area contributed by atoms with Crippen molar-refractivity contribution in [2.45, 2.75) is 23.8 Å². The van der Waals surface area contributed by atoms with E-state index in [1.54, 1.807) is 24.3 Å². The monoisotopic (exact) mass is 413 g/mol. The normalized spacial score (nSPS) is 19.2. The Morgan fingerprint density at radius 1 is 1.25 bits per heavy atom. The Morgan fingerprint density at radius 2 is 2.00 bits per heavy atom. The van der Waals surface area contributed by atoms with Gasteiger partial charge in [-0.15, -0.1) is 0 Å². The van der Waals surface area contributed by atoms with Gasteiger partial charge in [0.25, 0.3) is 0 Å². The van der Waals surface area contributed by atoms with Gasteiger partial charge < -0.3 is 5.32 Å². The van der Waals surface area contributed by atoms with E-state index in [1.165, 1.54) is 22.6 Å². The van der Waals surface area contributed by atoms with Gasteiger partial charge in [0.15, 0.2) is 11.6 Å². The number of halogens is 2. The predicted octanol–water partition coefficient (Wildman–Crippen LogP) is 3.25. The fourth-order valence-corrected chi connectivity index (χ4v) is 4.51. The average molecular weight is 414 g/mol. The summed E-state index contributed by atoms with van der Waals surface area (Å²) in [6.07, 6.45) is 2.98. The van der Waals surface area contributed by atoms with Crippen LogP contribution in [0, 0.1) is 5.82 Å². The topological polar surface area (TPSA) is 62.3 Å². The summed E-state index contributed by atoms with van der Waals surface area (Å²) in [6.45, 7) is 0.746. The second kappa shape index (κ2) is 7.16. The molecule has 1 aromatic carbocycles. The molecule has 0 bridgehead atoms. The highest BCUT2D eigenvalue weighted by Crippen LogP contribution is 2.24. The largest absolute Gasteiger partial charge is 0.364 e. The molecule has 0 amide bonds. The van der Waals surface area contributed by atoms with Crippen LogP contribution in [0.1, 0.15) is 12.8 Å². The summed E-state index contributed by atoms with van der Waals surface area (Å²) < 4.78 is 41.5. The van der Waals surface area contributed by atoms with Gasteiger partial charge in [-0.25, -0.2) is 17.8 Å². The highest BCUT2D eigenvalue weighted by Gasteiger charge is 2.30. The van der Waals surface area contributed by atoms with Crippen molar-refractivity contribution in [1.29, 1.82) is 0 Å². The van der Waals surface area contributed by atoms with E-state index in [0.717, 1.165) is 10.9 Å². The Bertz CT molecular complexity index is 814. The molecule has 1 fully saturated rings. The van der Waals surface area contributed by atoms with Gasteiger partial charge in [-0.05, 0) is 49.2 Å². The molecule has 1 aromatic heterocycles. The Kier molecular flexibility index (Phi) is 5.17. The number of hydrogen-bond acceptors (Lipinski definition) is 4. The number of sulfonamides is 1. The average Bonchev–Trinajstić information content (AvgIpc) is 2.58. The van der Waals surface area contributed by atoms with Gasteiger partial charge in [0.2, 0.25) is 10.0 Å². The van der Waals surface area contributed by atoms with Crippen molar-refractivity contribution in [3.63, 3.8) is 0 Å². The first-order valence-corrected chi connectivity index (χ1v) is 9.83. The minimum Gasteiger partial charge on any atom is -0.364 e. The van der Waals surface area contributed by atoms with Crippen LogP contribution >= 0.6 is 15.9 Å². The molecule has 24 heavy (non-hydrogen) atoms. The Morgan fingerprint density at radius 3 is 2.71 bits per heavy atom. The molecule has 5 nitrogen and oxygen atoms in total. The smallest absolute Gasteiger partial charge is 0.243 e. The van der Waals surface area contributed by atoms with Crippen molar-refractivity contribution in [2.75, 3.05) is 18.4 Å². The molecule has 1 atom stereocenters. The zero-order chi connectivity index (χ0) is 17.2. The first kappa shape index (κ1) is 17.3. The van der Waals surface area contributed by atoms with Crippen LogP contribution in [0.25, 0.3) is 0 Å². The predicted molar refractivity (Wildman–Crippen MR) is 93.7 cm³/mol. The molecule has 1 saturated heterocycles. The summed E-state index contributed by atoms with van der Waals surface area (Å²) in [6, 6.07) is 9.24. The van der Waals surface area contributed by atoms with Gasteiger partial charge in [0.05, 0.1) is 4.90 Å². The van der Waals surface area contributed by atoms with E-state index in [1.807, 2.05) is 0 Å². The molecule has 8 heteroatoms. The van der Waals surface area contributed by atoms with Crippen molar-refractivity contribution in [1.82, 2.24) is 9.29 Å². The maximum absolute atomic E-state index is 13.7. The third-order valence-corrected chi connectivity index (χ3v) is 6.34. The summed E-state index contributed by atoms with van der Waals surface area (Å²) in [5.41, 5.74) is 0. The van der Waals surface area contributed by atoms with Crippen molar-refractivity contribution in [2.24, 2.45) is 0 Å². The number of pyridine rings is 1. The first-order valence-electron chi connectivity index (χ1n) is 7.59. The van der Waals surface area contributed by atoms with Crippen LogP contribution in [0.3, 0.4) is 0 Å². The van der Waals surface area contributed by atoms with Gasteiger partial charge in [-0.3, -0.25) is 0 Å². The van der Waals surface area contributed by atoms with Gasteiger partial charge in [0, 0.05) is 29.8 Å². The molecular weight excluding hydrogens is 397 g/mol. The van der Waals surface area contributed by atoms with E-state index in [-0.39, 0.29) is 23.3 Å². The maximum atomic E-state index is 13.7. The van der Waals surface area contributed by atoms with Crippen LogP contribution in [-0.2, 0) is 10.0 Å². The second-order valence-corrected chi connectivity index (χ2v) is 8.49. The Labute approximate surface area is 149 Å². The highest BCUT2D eigenvalue weighted by molar-refractivity contribution is 9.10. The third-order valence-electron chi connectivity index (χ3n) is 3.93. The number of piperidine rings is 1. The summed E-state index contributed by atoms with van der Waals surface area (Å²) in [5, 5.41) is 3.01.